The number of nitrogens with zero attached hydrogens (tertiary/aromatic N) is 5. The Kier molecular flexibility index (Phi) is 10.1. The van der Waals surface area contributed by atoms with Crippen LogP contribution in [0.15, 0.2) is 55.0 Å². The van der Waals surface area contributed by atoms with Crippen molar-refractivity contribution in [3.8, 4) is 17.0 Å². The van der Waals surface area contributed by atoms with Gasteiger partial charge in [0.05, 0.1) is 30.0 Å². The minimum absolute atomic E-state index is 0.0619. The number of alkyl halides is 3. The van der Waals surface area contributed by atoms with Crippen LogP contribution in [0, 0.1) is 17.8 Å². The Morgan fingerprint density at radius 2 is 1.73 bits per heavy atom. The number of aromatic nitrogens is 4. The summed E-state index contributed by atoms with van der Waals surface area (Å²) in [6.07, 6.45) is 2.93. The van der Waals surface area contributed by atoms with Crippen molar-refractivity contribution in [1.82, 2.24) is 24.8 Å². The van der Waals surface area contributed by atoms with Gasteiger partial charge in [-0.2, -0.15) is 13.2 Å². The van der Waals surface area contributed by atoms with Crippen LogP contribution in [0.2, 0.25) is 0 Å². The van der Waals surface area contributed by atoms with Crippen LogP contribution < -0.4 is 15.0 Å². The number of carbonyl (C=O) groups excluding carboxylic acids is 2. The minimum atomic E-state index is -5.07. The number of aliphatic carboxylic acids is 1. The number of pyridine rings is 1. The first-order valence-electron chi connectivity index (χ1n) is 19.1. The van der Waals surface area contributed by atoms with Crippen molar-refractivity contribution in [3.05, 3.63) is 66.2 Å². The summed E-state index contributed by atoms with van der Waals surface area (Å²) in [4.78, 5) is 54.7. The number of anilines is 1. The van der Waals surface area contributed by atoms with Gasteiger partial charge in [0.25, 0.3) is 5.91 Å². The van der Waals surface area contributed by atoms with Crippen LogP contribution in [0.25, 0.3) is 22.2 Å². The number of ether oxygens (including phenoxy) is 3. The second-order valence-electron chi connectivity index (χ2n) is 15.5. The molecule has 3 aromatic heterocycles. The zero-order valence-electron chi connectivity index (χ0n) is 30.8. The normalized spacial score (nSPS) is 24.6. The molecular formula is C40H43F3N6O7. The monoisotopic (exact) mass is 776 g/mol. The summed E-state index contributed by atoms with van der Waals surface area (Å²) in [6, 6.07) is 9.08. The zero-order valence-corrected chi connectivity index (χ0v) is 30.8. The van der Waals surface area contributed by atoms with Gasteiger partial charge in [0.15, 0.2) is 5.69 Å². The number of hydrogen-bond acceptors (Lipinski definition) is 10. The summed E-state index contributed by atoms with van der Waals surface area (Å²) in [5.41, 5.74) is -3.50. The second-order valence-corrected chi connectivity index (χ2v) is 15.5. The average molecular weight is 777 g/mol. The summed E-state index contributed by atoms with van der Waals surface area (Å²) in [5, 5.41) is 13.3. The van der Waals surface area contributed by atoms with E-state index in [2.05, 4.69) is 25.2 Å². The summed E-state index contributed by atoms with van der Waals surface area (Å²) in [5.74, 6) is -1.37. The van der Waals surface area contributed by atoms with Crippen LogP contribution in [-0.4, -0.2) is 86.6 Å². The SMILES string of the molecule is CC1CC2CC(C1)C(NC(=O)c1ccc(-c3cn(C(=O)OC4CCOCC4)c4cc(OC5CCN(c6ncccn6)CC5)ccc34)nc1C(F)(F)F)(C(=O)O)C2. The second kappa shape index (κ2) is 15.0. The van der Waals surface area contributed by atoms with Crippen molar-refractivity contribution in [2.24, 2.45) is 17.8 Å². The van der Waals surface area contributed by atoms with Crippen LogP contribution >= 0.6 is 0 Å². The molecule has 2 aliphatic heterocycles. The van der Waals surface area contributed by atoms with Gasteiger partial charge < -0.3 is 29.5 Å². The first-order valence-corrected chi connectivity index (χ1v) is 19.1. The molecule has 0 spiro atoms. The van der Waals surface area contributed by atoms with E-state index in [4.69, 9.17) is 14.2 Å². The molecule has 8 rings (SSSR count). The number of amides is 1. The van der Waals surface area contributed by atoms with Gasteiger partial charge in [-0.1, -0.05) is 6.92 Å². The summed E-state index contributed by atoms with van der Waals surface area (Å²) < 4.78 is 63.1. The molecular weight excluding hydrogens is 733 g/mol. The van der Waals surface area contributed by atoms with Gasteiger partial charge in [0.1, 0.15) is 23.5 Å². The van der Waals surface area contributed by atoms with E-state index in [-0.39, 0.29) is 35.6 Å². The van der Waals surface area contributed by atoms with Gasteiger partial charge in [0, 0.05) is 74.4 Å². The van der Waals surface area contributed by atoms with Crippen molar-refractivity contribution < 1.29 is 46.9 Å². The lowest BCUT2D eigenvalue weighted by atomic mass is 9.78. The molecule has 0 radical (unpaired) electrons. The maximum absolute atomic E-state index is 14.8. The summed E-state index contributed by atoms with van der Waals surface area (Å²) in [7, 11) is 0. The highest BCUT2D eigenvalue weighted by molar-refractivity contribution is 6.02. The molecule has 4 aromatic rings. The molecule has 13 nitrogen and oxygen atoms in total. The lowest BCUT2D eigenvalue weighted by Gasteiger charge is -2.33. The van der Waals surface area contributed by atoms with Gasteiger partial charge in [-0.05, 0) is 73.8 Å². The predicted octanol–water partition coefficient (Wildman–Crippen LogP) is 6.73. The highest BCUT2D eigenvalue weighted by atomic mass is 19.4. The topological polar surface area (TPSA) is 158 Å². The molecule has 4 unspecified atom stereocenters. The van der Waals surface area contributed by atoms with Gasteiger partial charge in [-0.15, -0.1) is 0 Å². The molecule has 4 fully saturated rings. The lowest BCUT2D eigenvalue weighted by Crippen LogP contribution is -2.57. The Morgan fingerprint density at radius 1 is 0.982 bits per heavy atom. The van der Waals surface area contributed by atoms with Crippen LogP contribution in [0.1, 0.15) is 74.3 Å². The van der Waals surface area contributed by atoms with E-state index >= 15 is 0 Å². The molecule has 2 bridgehead atoms. The van der Waals surface area contributed by atoms with Crippen LogP contribution in [0.4, 0.5) is 23.9 Å². The molecule has 1 amide bonds. The van der Waals surface area contributed by atoms with E-state index in [0.29, 0.717) is 87.4 Å². The molecule has 2 N–H and O–H groups in total. The molecule has 5 heterocycles. The maximum Gasteiger partial charge on any atom is 0.434 e. The number of piperidine rings is 1. The number of carboxylic acid groups (broad SMARTS) is 1. The number of rotatable bonds is 8. The third-order valence-corrected chi connectivity index (χ3v) is 11.7. The third-order valence-electron chi connectivity index (χ3n) is 11.7. The molecule has 296 valence electrons. The van der Waals surface area contributed by atoms with Crippen molar-refractivity contribution in [2.75, 3.05) is 31.2 Å². The molecule has 1 aromatic carbocycles. The smallest absolute Gasteiger partial charge is 0.434 e. The van der Waals surface area contributed by atoms with Crippen LogP contribution in [-0.2, 0) is 20.4 Å². The van der Waals surface area contributed by atoms with Crippen molar-refractivity contribution in [1.29, 1.82) is 0 Å². The number of carbonyl (C=O) groups is 3. The molecule has 4 atom stereocenters. The fraction of sp³-hybridized carbons (Fsp3) is 0.500. The van der Waals surface area contributed by atoms with Crippen molar-refractivity contribution in [2.45, 2.75) is 82.2 Å². The fourth-order valence-corrected chi connectivity index (χ4v) is 9.13. The van der Waals surface area contributed by atoms with Crippen LogP contribution in [0.3, 0.4) is 0 Å². The first-order chi connectivity index (χ1) is 26.9. The number of carboxylic acids is 1. The van der Waals surface area contributed by atoms with E-state index in [1.165, 1.54) is 16.8 Å². The first kappa shape index (κ1) is 37.7. The minimum Gasteiger partial charge on any atom is -0.490 e. The van der Waals surface area contributed by atoms with E-state index in [1.807, 2.05) is 6.92 Å². The van der Waals surface area contributed by atoms with E-state index in [0.717, 1.165) is 12.5 Å². The predicted molar refractivity (Wildman–Crippen MR) is 196 cm³/mol. The van der Waals surface area contributed by atoms with Crippen molar-refractivity contribution in [3.63, 3.8) is 0 Å². The average Bonchev–Trinajstić information content (AvgIpc) is 3.69. The van der Waals surface area contributed by atoms with Gasteiger partial charge in [-0.3, -0.25) is 9.36 Å². The molecule has 2 aliphatic carbocycles. The zero-order chi connectivity index (χ0) is 39.2. The van der Waals surface area contributed by atoms with Crippen molar-refractivity contribution >= 4 is 34.8 Å². The Hall–Kier alpha value is -5.25. The third kappa shape index (κ3) is 7.38. The Labute approximate surface area is 320 Å². The molecule has 56 heavy (non-hydrogen) atoms. The van der Waals surface area contributed by atoms with E-state index < -0.39 is 53.0 Å². The van der Waals surface area contributed by atoms with E-state index in [9.17, 15) is 32.7 Å². The largest absolute Gasteiger partial charge is 0.490 e. The summed E-state index contributed by atoms with van der Waals surface area (Å²) >= 11 is 0. The number of benzene rings is 1. The number of hydrogen-bond donors (Lipinski definition) is 2. The highest BCUT2D eigenvalue weighted by Gasteiger charge is 2.56. The number of fused-ring (bicyclic) bond motifs is 3. The quantitative estimate of drug-likeness (QED) is 0.196. The highest BCUT2D eigenvalue weighted by Crippen LogP contribution is 2.51. The standard InChI is InChI=1S/C40H43F3N6O7/c1-23-17-24-19-25(18-23)39(21-24,36(51)52)47-35(50)30-5-6-32(46-34(30)40(41,42)43)31-22-49(38(53)56-27-9-15-54-16-10-27)33-20-28(3-4-29(31)33)55-26-7-13-48(14-8-26)37-44-11-2-12-45-37/h2-6,11-12,20,22-27H,7-10,13-19,21H2,1H3,(H,47,50)(H,51,52). The maximum atomic E-state index is 14.8. The van der Waals surface area contributed by atoms with Gasteiger partial charge in [0.2, 0.25) is 5.95 Å². The lowest BCUT2D eigenvalue weighted by molar-refractivity contribution is -0.146. The van der Waals surface area contributed by atoms with Gasteiger partial charge >= 0.3 is 18.2 Å². The summed E-state index contributed by atoms with van der Waals surface area (Å²) in [6.45, 7) is 4.23. The Bertz CT molecular complexity index is 2120. The molecule has 16 heteroatoms. The van der Waals surface area contributed by atoms with E-state index in [1.54, 1.807) is 36.7 Å². The Morgan fingerprint density at radius 3 is 2.45 bits per heavy atom. The van der Waals surface area contributed by atoms with Crippen LogP contribution in [0.5, 0.6) is 5.75 Å². The Balaban J connectivity index is 1.10. The fourth-order valence-electron chi connectivity index (χ4n) is 9.13. The van der Waals surface area contributed by atoms with Gasteiger partial charge in [-0.25, -0.2) is 24.5 Å². The molecule has 2 saturated carbocycles. The molecule has 4 aliphatic rings. The molecule has 2 saturated heterocycles. The number of halogens is 3. The number of nitrogens with one attached hydrogen (secondary N) is 1.